The molecule has 21 heavy (non-hydrogen) atoms. The minimum absolute atomic E-state index is 0.616. The molecule has 0 aromatic heterocycles. The van der Waals surface area contributed by atoms with Crippen molar-refractivity contribution >= 4 is 15.9 Å². The summed E-state index contributed by atoms with van der Waals surface area (Å²) in [6.45, 7) is 4.49. The molecule has 1 aromatic carbocycles. The van der Waals surface area contributed by atoms with E-state index in [1.54, 1.807) is 24.8 Å². The minimum atomic E-state index is 0.616. The first-order valence-corrected chi connectivity index (χ1v) is 9.66. The van der Waals surface area contributed by atoms with Crippen LogP contribution in [0.25, 0.3) is 0 Å². The normalized spacial score (nSPS) is 38.7. The van der Waals surface area contributed by atoms with Crippen LogP contribution in [0.1, 0.15) is 55.2 Å². The first-order chi connectivity index (χ1) is 10.0. The SMILES string of the molecule is Cc1ccc(C)c(CC(Br)C23CC4CC(CC(C4)C2)C3)c1. The van der Waals surface area contributed by atoms with Crippen molar-refractivity contribution in [3.05, 3.63) is 34.9 Å². The van der Waals surface area contributed by atoms with Crippen molar-refractivity contribution < 1.29 is 0 Å². The molecule has 4 saturated carbocycles. The molecule has 0 spiro atoms. The highest BCUT2D eigenvalue weighted by molar-refractivity contribution is 9.09. The Morgan fingerprint density at radius 1 is 1.05 bits per heavy atom. The highest BCUT2D eigenvalue weighted by atomic mass is 79.9. The molecule has 1 heteroatoms. The van der Waals surface area contributed by atoms with Gasteiger partial charge in [0.25, 0.3) is 0 Å². The molecule has 0 N–H and O–H groups in total. The van der Waals surface area contributed by atoms with Gasteiger partial charge in [0.2, 0.25) is 0 Å². The summed E-state index contributed by atoms with van der Waals surface area (Å²) in [5, 5.41) is 0. The lowest BCUT2D eigenvalue weighted by Crippen LogP contribution is -2.50. The van der Waals surface area contributed by atoms with Crippen LogP contribution in [0.4, 0.5) is 0 Å². The van der Waals surface area contributed by atoms with Gasteiger partial charge < -0.3 is 0 Å². The summed E-state index contributed by atoms with van der Waals surface area (Å²) in [5.74, 6) is 3.15. The Morgan fingerprint density at radius 2 is 1.62 bits per heavy atom. The zero-order valence-corrected chi connectivity index (χ0v) is 15.0. The molecule has 0 heterocycles. The molecule has 1 aromatic rings. The fourth-order valence-electron chi connectivity index (χ4n) is 5.99. The third-order valence-corrected chi connectivity index (χ3v) is 7.95. The Kier molecular flexibility index (Phi) is 3.48. The standard InChI is InChI=1S/C20H27Br/c1-13-3-4-14(2)18(5-13)9-19(21)20-10-15-6-16(11-20)8-17(7-15)12-20/h3-5,15-17,19H,6-12H2,1-2H3. The maximum atomic E-state index is 4.16. The van der Waals surface area contributed by atoms with Gasteiger partial charge in [0, 0.05) is 4.83 Å². The van der Waals surface area contributed by atoms with Crippen molar-refractivity contribution in [2.75, 3.05) is 0 Å². The van der Waals surface area contributed by atoms with E-state index in [0.29, 0.717) is 10.2 Å². The number of benzene rings is 1. The van der Waals surface area contributed by atoms with Crippen LogP contribution in [0.3, 0.4) is 0 Å². The van der Waals surface area contributed by atoms with Crippen molar-refractivity contribution in [3.63, 3.8) is 0 Å². The van der Waals surface area contributed by atoms with Gasteiger partial charge in [-0.1, -0.05) is 39.7 Å². The van der Waals surface area contributed by atoms with E-state index in [-0.39, 0.29) is 0 Å². The van der Waals surface area contributed by atoms with E-state index in [1.807, 2.05) is 0 Å². The first kappa shape index (κ1) is 14.3. The molecule has 114 valence electrons. The molecule has 4 fully saturated rings. The average molecular weight is 347 g/mol. The molecule has 0 radical (unpaired) electrons. The van der Waals surface area contributed by atoms with Gasteiger partial charge >= 0.3 is 0 Å². The minimum Gasteiger partial charge on any atom is -0.0881 e. The van der Waals surface area contributed by atoms with Gasteiger partial charge in [-0.3, -0.25) is 0 Å². The Balaban J connectivity index is 1.57. The summed E-state index contributed by atoms with van der Waals surface area (Å²) in [5.41, 5.74) is 5.05. The molecule has 4 aliphatic carbocycles. The maximum Gasteiger partial charge on any atom is 0.0242 e. The van der Waals surface area contributed by atoms with Crippen LogP contribution in [0, 0.1) is 37.0 Å². The van der Waals surface area contributed by atoms with E-state index >= 15 is 0 Å². The van der Waals surface area contributed by atoms with Crippen LogP contribution in [-0.4, -0.2) is 4.83 Å². The largest absolute Gasteiger partial charge is 0.0881 e. The van der Waals surface area contributed by atoms with Crippen molar-refractivity contribution in [3.8, 4) is 0 Å². The lowest BCUT2D eigenvalue weighted by atomic mass is 9.48. The van der Waals surface area contributed by atoms with Crippen LogP contribution in [0.15, 0.2) is 18.2 Å². The quantitative estimate of drug-likeness (QED) is 0.604. The molecule has 4 bridgehead atoms. The zero-order valence-electron chi connectivity index (χ0n) is 13.4. The second kappa shape index (κ2) is 5.11. The Labute approximate surface area is 137 Å². The topological polar surface area (TPSA) is 0 Å². The Morgan fingerprint density at radius 3 is 2.19 bits per heavy atom. The van der Waals surface area contributed by atoms with Crippen molar-refractivity contribution in [2.45, 2.75) is 63.6 Å². The van der Waals surface area contributed by atoms with Gasteiger partial charge in [0.1, 0.15) is 0 Å². The number of hydrogen-bond acceptors (Lipinski definition) is 0. The maximum absolute atomic E-state index is 4.16. The number of rotatable bonds is 3. The summed E-state index contributed by atoms with van der Waals surface area (Å²) in [6.07, 6.45) is 10.4. The molecule has 0 saturated heterocycles. The van der Waals surface area contributed by atoms with E-state index in [1.165, 1.54) is 36.8 Å². The van der Waals surface area contributed by atoms with E-state index in [4.69, 9.17) is 0 Å². The van der Waals surface area contributed by atoms with E-state index < -0.39 is 0 Å². The molecule has 0 nitrogen and oxygen atoms in total. The smallest absolute Gasteiger partial charge is 0.0242 e. The monoisotopic (exact) mass is 346 g/mol. The van der Waals surface area contributed by atoms with Gasteiger partial charge in [0.15, 0.2) is 0 Å². The first-order valence-electron chi connectivity index (χ1n) is 8.74. The van der Waals surface area contributed by atoms with Gasteiger partial charge in [-0.2, -0.15) is 0 Å². The summed E-state index contributed by atoms with van der Waals surface area (Å²) in [7, 11) is 0. The summed E-state index contributed by atoms with van der Waals surface area (Å²) in [6, 6.07) is 6.95. The number of aryl methyl sites for hydroxylation is 2. The van der Waals surface area contributed by atoms with Gasteiger partial charge in [-0.25, -0.2) is 0 Å². The van der Waals surface area contributed by atoms with E-state index in [2.05, 4.69) is 48.0 Å². The lowest BCUT2D eigenvalue weighted by Gasteiger charge is -2.58. The molecule has 0 aliphatic heterocycles. The Bertz CT molecular complexity index is 509. The molecular formula is C20H27Br. The highest BCUT2D eigenvalue weighted by Crippen LogP contribution is 2.62. The van der Waals surface area contributed by atoms with Crippen LogP contribution in [0.5, 0.6) is 0 Å². The van der Waals surface area contributed by atoms with Gasteiger partial charge in [-0.15, -0.1) is 0 Å². The van der Waals surface area contributed by atoms with Crippen LogP contribution >= 0.6 is 15.9 Å². The number of hydrogen-bond donors (Lipinski definition) is 0. The third-order valence-electron chi connectivity index (χ3n) is 6.65. The molecule has 5 rings (SSSR count). The predicted octanol–water partition coefficient (Wildman–Crippen LogP) is 5.83. The third kappa shape index (κ3) is 2.50. The van der Waals surface area contributed by atoms with Crippen molar-refractivity contribution in [1.82, 2.24) is 0 Å². The number of alkyl halides is 1. The fourth-order valence-corrected chi connectivity index (χ4v) is 6.90. The summed E-state index contributed by atoms with van der Waals surface area (Å²) >= 11 is 4.16. The van der Waals surface area contributed by atoms with Crippen LogP contribution in [-0.2, 0) is 6.42 Å². The van der Waals surface area contributed by atoms with E-state index in [0.717, 1.165) is 17.8 Å². The average Bonchev–Trinajstić information content (AvgIpc) is 2.41. The second-order valence-corrected chi connectivity index (χ2v) is 9.49. The Hall–Kier alpha value is -0.300. The van der Waals surface area contributed by atoms with Crippen LogP contribution in [0.2, 0.25) is 0 Å². The summed E-state index contributed by atoms with van der Waals surface area (Å²) in [4.78, 5) is 0.680. The van der Waals surface area contributed by atoms with Gasteiger partial charge in [-0.05, 0) is 93.1 Å². The number of halogens is 1. The van der Waals surface area contributed by atoms with Crippen molar-refractivity contribution in [2.24, 2.45) is 23.2 Å². The van der Waals surface area contributed by atoms with Crippen LogP contribution < -0.4 is 0 Å². The van der Waals surface area contributed by atoms with Crippen molar-refractivity contribution in [1.29, 1.82) is 0 Å². The molecule has 4 aliphatic rings. The zero-order chi connectivity index (χ0) is 14.6. The predicted molar refractivity (Wildman–Crippen MR) is 92.9 cm³/mol. The van der Waals surface area contributed by atoms with E-state index in [9.17, 15) is 0 Å². The van der Waals surface area contributed by atoms with Gasteiger partial charge in [0.05, 0.1) is 0 Å². The second-order valence-electron chi connectivity index (χ2n) is 8.38. The molecule has 0 amide bonds. The molecule has 1 unspecified atom stereocenters. The molecular weight excluding hydrogens is 320 g/mol. The lowest BCUT2D eigenvalue weighted by molar-refractivity contribution is -0.0522. The summed E-state index contributed by atoms with van der Waals surface area (Å²) < 4.78 is 0. The highest BCUT2D eigenvalue weighted by Gasteiger charge is 2.53. The fraction of sp³-hybridized carbons (Fsp3) is 0.700. The molecule has 1 atom stereocenters.